The fraction of sp³-hybridized carbons (Fsp3) is 0.438. The predicted molar refractivity (Wildman–Crippen MR) is 75.3 cm³/mol. The molecule has 0 N–H and O–H groups in total. The molecule has 0 radical (unpaired) electrons. The Kier molecular flexibility index (Phi) is 3.49. The maximum absolute atomic E-state index is 11.5. The summed E-state index contributed by atoms with van der Waals surface area (Å²) in [5.74, 6) is 1.51. The second-order valence-electron chi connectivity index (χ2n) is 5.34. The fourth-order valence-corrected chi connectivity index (χ4v) is 3.04. The van der Waals surface area contributed by atoms with Crippen LogP contribution in [0.25, 0.3) is 0 Å². The predicted octanol–water partition coefficient (Wildman–Crippen LogP) is 3.44. The van der Waals surface area contributed by atoms with Crippen LogP contribution in [0.5, 0.6) is 11.5 Å². The minimum atomic E-state index is -0.647. The van der Waals surface area contributed by atoms with Gasteiger partial charge in [0.1, 0.15) is 5.76 Å². The van der Waals surface area contributed by atoms with Gasteiger partial charge in [-0.2, -0.15) is 0 Å². The highest BCUT2D eigenvalue weighted by Crippen LogP contribution is 2.44. The lowest BCUT2D eigenvalue weighted by Gasteiger charge is -2.27. The highest BCUT2D eigenvalue weighted by Gasteiger charge is 2.55. The van der Waals surface area contributed by atoms with Gasteiger partial charge < -0.3 is 18.9 Å². The smallest absolute Gasteiger partial charge is 0.493 e. The largest absolute Gasteiger partial charge is 0.509 e. The monoisotopic (exact) mass is 290 g/mol. The van der Waals surface area contributed by atoms with Crippen LogP contribution in [0.2, 0.25) is 0 Å². The Labute approximate surface area is 123 Å². The van der Waals surface area contributed by atoms with Crippen molar-refractivity contribution in [2.45, 2.75) is 37.4 Å². The van der Waals surface area contributed by atoms with E-state index in [0.717, 1.165) is 25.7 Å². The molecule has 1 spiro atoms. The minimum Gasteiger partial charge on any atom is -0.493 e. The second kappa shape index (κ2) is 5.31. The van der Waals surface area contributed by atoms with Crippen LogP contribution in [0.3, 0.4) is 0 Å². The first-order valence-electron chi connectivity index (χ1n) is 7.04. The van der Waals surface area contributed by atoms with E-state index in [4.69, 9.17) is 18.9 Å². The molecule has 1 saturated carbocycles. The summed E-state index contributed by atoms with van der Waals surface area (Å²) in [5, 5.41) is 0. The summed E-state index contributed by atoms with van der Waals surface area (Å²) in [6.45, 7) is 3.93. The number of benzene rings is 1. The molecule has 5 nitrogen and oxygen atoms in total. The zero-order chi connectivity index (χ0) is 14.9. The van der Waals surface area contributed by atoms with Gasteiger partial charge in [-0.3, -0.25) is 0 Å². The van der Waals surface area contributed by atoms with E-state index in [1.54, 1.807) is 19.2 Å². The van der Waals surface area contributed by atoms with Crippen LogP contribution in [0.4, 0.5) is 4.79 Å². The van der Waals surface area contributed by atoms with Crippen LogP contribution in [0.1, 0.15) is 25.7 Å². The molecule has 1 saturated heterocycles. The van der Waals surface area contributed by atoms with E-state index >= 15 is 0 Å². The van der Waals surface area contributed by atoms with Gasteiger partial charge in [-0.25, -0.2) is 4.79 Å². The molecule has 2 fully saturated rings. The summed E-state index contributed by atoms with van der Waals surface area (Å²) in [6, 6.07) is 7.27. The second-order valence-corrected chi connectivity index (χ2v) is 5.34. The number of methoxy groups -OCH3 is 1. The Morgan fingerprint density at radius 1 is 1.29 bits per heavy atom. The zero-order valence-electron chi connectivity index (χ0n) is 12.0. The van der Waals surface area contributed by atoms with Crippen LogP contribution in [-0.2, 0) is 9.47 Å². The molecule has 1 unspecified atom stereocenters. The molecule has 5 heteroatoms. The molecule has 2 aliphatic rings. The highest BCUT2D eigenvalue weighted by molar-refractivity contribution is 5.64. The van der Waals surface area contributed by atoms with Crippen molar-refractivity contribution < 1.29 is 23.7 Å². The molecule has 1 aliphatic carbocycles. The van der Waals surface area contributed by atoms with E-state index < -0.39 is 17.9 Å². The van der Waals surface area contributed by atoms with Gasteiger partial charge in [-0.1, -0.05) is 18.7 Å². The van der Waals surface area contributed by atoms with Crippen LogP contribution in [-0.4, -0.2) is 25.0 Å². The third-order valence-corrected chi connectivity index (χ3v) is 4.03. The normalized spacial score (nSPS) is 22.7. The molecule has 1 aromatic carbocycles. The molecule has 0 amide bonds. The Morgan fingerprint density at radius 2 is 1.95 bits per heavy atom. The Morgan fingerprint density at radius 3 is 2.62 bits per heavy atom. The van der Waals surface area contributed by atoms with Crippen LogP contribution in [0, 0.1) is 0 Å². The molecular formula is C16H18O5. The summed E-state index contributed by atoms with van der Waals surface area (Å²) in [5.41, 5.74) is -0.615. The van der Waals surface area contributed by atoms with Gasteiger partial charge in [0, 0.05) is 0 Å². The number of cyclic esters (lactones) is 1. The van der Waals surface area contributed by atoms with Crippen LogP contribution < -0.4 is 9.47 Å². The van der Waals surface area contributed by atoms with Gasteiger partial charge in [-0.15, -0.1) is 0 Å². The van der Waals surface area contributed by atoms with Crippen molar-refractivity contribution in [2.75, 3.05) is 7.11 Å². The van der Waals surface area contributed by atoms with Crippen LogP contribution in [0.15, 0.2) is 36.6 Å². The standard InChI is InChI=1S/C16H18O5/c1-11(19-13-8-4-3-7-12(13)18-2)14-16(9-5-6-10-16)21-15(17)20-14/h3-4,7-8,14H,1,5-6,9-10H2,2H3. The number of rotatable bonds is 4. The van der Waals surface area contributed by atoms with E-state index in [2.05, 4.69) is 6.58 Å². The van der Waals surface area contributed by atoms with Gasteiger partial charge in [0.25, 0.3) is 0 Å². The summed E-state index contributed by atoms with van der Waals surface area (Å²) in [4.78, 5) is 11.5. The molecule has 21 heavy (non-hydrogen) atoms. The zero-order valence-corrected chi connectivity index (χ0v) is 12.0. The quantitative estimate of drug-likeness (QED) is 0.628. The lowest BCUT2D eigenvalue weighted by Crippen LogP contribution is -2.39. The van der Waals surface area contributed by atoms with Crippen molar-refractivity contribution in [1.29, 1.82) is 0 Å². The Balaban J connectivity index is 1.80. The summed E-state index contributed by atoms with van der Waals surface area (Å²) >= 11 is 0. The van der Waals surface area contributed by atoms with Crippen molar-refractivity contribution >= 4 is 6.16 Å². The average Bonchev–Trinajstić information content (AvgIpc) is 3.07. The number of carbonyl (C=O) groups excluding carboxylic acids is 1. The lowest BCUT2D eigenvalue weighted by atomic mass is 9.94. The number of hydrogen-bond acceptors (Lipinski definition) is 5. The van der Waals surface area contributed by atoms with E-state index in [-0.39, 0.29) is 0 Å². The SMILES string of the molecule is C=C(Oc1ccccc1OC)C1OC(=O)OC12CCCC2. The van der Waals surface area contributed by atoms with Crippen molar-refractivity contribution in [2.24, 2.45) is 0 Å². The Bertz CT molecular complexity index is 560. The van der Waals surface area contributed by atoms with E-state index in [0.29, 0.717) is 17.3 Å². The molecule has 3 rings (SSSR count). The van der Waals surface area contributed by atoms with Gasteiger partial charge in [-0.05, 0) is 37.8 Å². The molecule has 1 aromatic rings. The first-order chi connectivity index (χ1) is 10.1. The first-order valence-corrected chi connectivity index (χ1v) is 7.04. The first kappa shape index (κ1) is 13.8. The number of carbonyl (C=O) groups is 1. The van der Waals surface area contributed by atoms with Crippen molar-refractivity contribution in [1.82, 2.24) is 0 Å². The third-order valence-electron chi connectivity index (χ3n) is 4.03. The molecule has 112 valence electrons. The van der Waals surface area contributed by atoms with Gasteiger partial charge in [0.2, 0.25) is 6.10 Å². The third kappa shape index (κ3) is 2.44. The summed E-state index contributed by atoms with van der Waals surface area (Å²) < 4.78 is 21.7. The van der Waals surface area contributed by atoms with Crippen molar-refractivity contribution in [3.05, 3.63) is 36.6 Å². The van der Waals surface area contributed by atoms with E-state index in [9.17, 15) is 4.79 Å². The maximum Gasteiger partial charge on any atom is 0.509 e. The molecule has 0 aromatic heterocycles. The molecule has 1 aliphatic heterocycles. The van der Waals surface area contributed by atoms with Crippen molar-refractivity contribution in [3.8, 4) is 11.5 Å². The molecule has 1 heterocycles. The lowest BCUT2D eigenvalue weighted by molar-refractivity contribution is 0.0360. The highest BCUT2D eigenvalue weighted by atomic mass is 16.8. The van der Waals surface area contributed by atoms with Crippen LogP contribution >= 0.6 is 0 Å². The summed E-state index contributed by atoms with van der Waals surface area (Å²) in [6.07, 6.45) is 2.35. The van der Waals surface area contributed by atoms with Gasteiger partial charge in [0.15, 0.2) is 17.1 Å². The number of hydrogen-bond donors (Lipinski definition) is 0. The molecular weight excluding hydrogens is 272 g/mol. The van der Waals surface area contributed by atoms with E-state index in [1.807, 2.05) is 12.1 Å². The average molecular weight is 290 g/mol. The fourth-order valence-electron chi connectivity index (χ4n) is 3.04. The Hall–Kier alpha value is -2.17. The van der Waals surface area contributed by atoms with Gasteiger partial charge in [0.05, 0.1) is 7.11 Å². The minimum absolute atomic E-state index is 0.368. The number of ether oxygens (including phenoxy) is 4. The topological polar surface area (TPSA) is 54.0 Å². The number of para-hydroxylation sites is 2. The summed E-state index contributed by atoms with van der Waals surface area (Å²) in [7, 11) is 1.57. The maximum atomic E-state index is 11.5. The van der Waals surface area contributed by atoms with Gasteiger partial charge >= 0.3 is 6.16 Å². The molecule has 0 bridgehead atoms. The molecule has 1 atom stereocenters. The van der Waals surface area contributed by atoms with Crippen molar-refractivity contribution in [3.63, 3.8) is 0 Å². The van der Waals surface area contributed by atoms with E-state index in [1.165, 1.54) is 0 Å².